The quantitative estimate of drug-likeness (QED) is 0.570. The van der Waals surface area contributed by atoms with Crippen LogP contribution in [-0.2, 0) is 12.8 Å². The molecule has 0 saturated heterocycles. The lowest BCUT2D eigenvalue weighted by Gasteiger charge is -1.95. The third-order valence-corrected chi connectivity index (χ3v) is 3.57. The second-order valence-electron chi connectivity index (χ2n) is 4.54. The summed E-state index contributed by atoms with van der Waals surface area (Å²) in [5, 5.41) is 7.77. The molecular formula is C13H9N5O2S. The zero-order valence-corrected chi connectivity index (χ0v) is 11.6. The number of hydrogen-bond donors (Lipinski definition) is 0. The average molecular weight is 299 g/mol. The lowest BCUT2D eigenvalue weighted by Crippen LogP contribution is -1.92. The molecule has 0 radical (unpaired) electrons. The lowest BCUT2D eigenvalue weighted by molar-refractivity contribution is 0.379. The molecule has 4 rings (SSSR count). The second-order valence-corrected chi connectivity index (χ2v) is 5.06. The first-order valence-electron chi connectivity index (χ1n) is 6.29. The van der Waals surface area contributed by atoms with Crippen LogP contribution in [0.15, 0.2) is 39.6 Å². The van der Waals surface area contributed by atoms with Crippen LogP contribution in [0.5, 0.6) is 0 Å². The van der Waals surface area contributed by atoms with E-state index in [2.05, 4.69) is 24.0 Å². The number of rotatable bonds is 4. The summed E-state index contributed by atoms with van der Waals surface area (Å²) in [6.07, 6.45) is 2.59. The minimum absolute atomic E-state index is 0.495. The fourth-order valence-electron chi connectivity index (χ4n) is 2.04. The van der Waals surface area contributed by atoms with Crippen molar-refractivity contribution in [3.05, 3.63) is 53.5 Å². The molecule has 21 heavy (non-hydrogen) atoms. The summed E-state index contributed by atoms with van der Waals surface area (Å²) < 4.78 is 18.4. The van der Waals surface area contributed by atoms with Gasteiger partial charge < -0.3 is 9.05 Å². The van der Waals surface area contributed by atoms with E-state index < -0.39 is 0 Å². The van der Waals surface area contributed by atoms with Gasteiger partial charge in [-0.15, -0.1) is 0 Å². The van der Waals surface area contributed by atoms with Gasteiger partial charge >= 0.3 is 0 Å². The van der Waals surface area contributed by atoms with Gasteiger partial charge in [-0.3, -0.25) is 0 Å². The Morgan fingerprint density at radius 2 is 1.95 bits per heavy atom. The number of hydrogen-bond acceptors (Lipinski definition) is 8. The second kappa shape index (κ2) is 5.06. The van der Waals surface area contributed by atoms with E-state index in [1.807, 2.05) is 18.2 Å². The van der Waals surface area contributed by atoms with Crippen LogP contribution in [-0.4, -0.2) is 24.0 Å². The SMILES string of the molecule is c1cc(Cc2noc(Cc3ccc4nsnc4c3)n2)no1. The van der Waals surface area contributed by atoms with Crippen LogP contribution >= 0.6 is 11.7 Å². The van der Waals surface area contributed by atoms with Crippen LogP contribution in [0.25, 0.3) is 11.0 Å². The van der Waals surface area contributed by atoms with Crippen LogP contribution in [0.2, 0.25) is 0 Å². The molecule has 0 N–H and O–H groups in total. The van der Waals surface area contributed by atoms with E-state index >= 15 is 0 Å². The normalized spacial score (nSPS) is 11.2. The van der Waals surface area contributed by atoms with Crippen LogP contribution in [0.3, 0.4) is 0 Å². The summed E-state index contributed by atoms with van der Waals surface area (Å²) in [4.78, 5) is 4.36. The molecule has 0 unspecified atom stereocenters. The van der Waals surface area contributed by atoms with Gasteiger partial charge in [0, 0.05) is 6.07 Å². The van der Waals surface area contributed by atoms with E-state index in [4.69, 9.17) is 9.05 Å². The maximum Gasteiger partial charge on any atom is 0.231 e. The summed E-state index contributed by atoms with van der Waals surface area (Å²) in [7, 11) is 0. The Kier molecular flexibility index (Phi) is 2.93. The highest BCUT2D eigenvalue weighted by molar-refractivity contribution is 7.00. The fourth-order valence-corrected chi connectivity index (χ4v) is 2.55. The van der Waals surface area contributed by atoms with E-state index in [1.54, 1.807) is 6.07 Å². The van der Waals surface area contributed by atoms with Crippen molar-refractivity contribution in [2.75, 3.05) is 0 Å². The van der Waals surface area contributed by atoms with Gasteiger partial charge in [0.05, 0.1) is 30.3 Å². The predicted octanol–water partition coefficient (Wildman–Crippen LogP) is 2.24. The van der Waals surface area contributed by atoms with Crippen molar-refractivity contribution in [1.29, 1.82) is 0 Å². The zero-order valence-electron chi connectivity index (χ0n) is 10.8. The van der Waals surface area contributed by atoms with Crippen molar-refractivity contribution < 1.29 is 9.05 Å². The smallest absolute Gasteiger partial charge is 0.231 e. The highest BCUT2D eigenvalue weighted by Gasteiger charge is 2.10. The van der Waals surface area contributed by atoms with Crippen LogP contribution in [0, 0.1) is 0 Å². The van der Waals surface area contributed by atoms with E-state index in [-0.39, 0.29) is 0 Å². The Morgan fingerprint density at radius 3 is 2.86 bits per heavy atom. The Bertz CT molecular complexity index is 868. The maximum atomic E-state index is 5.26. The van der Waals surface area contributed by atoms with Gasteiger partial charge in [0.15, 0.2) is 5.82 Å². The predicted molar refractivity (Wildman–Crippen MR) is 73.8 cm³/mol. The summed E-state index contributed by atoms with van der Waals surface area (Å²) in [5.74, 6) is 1.16. The number of benzene rings is 1. The molecule has 0 fully saturated rings. The Morgan fingerprint density at radius 1 is 1.00 bits per heavy atom. The first-order chi connectivity index (χ1) is 10.4. The molecule has 104 valence electrons. The van der Waals surface area contributed by atoms with E-state index in [9.17, 15) is 0 Å². The average Bonchev–Trinajstić information content (AvgIpc) is 3.21. The monoisotopic (exact) mass is 299 g/mol. The molecular weight excluding hydrogens is 290 g/mol. The molecule has 0 amide bonds. The standard InChI is InChI=1S/C13H9N5O2S/c1-2-10-11(18-21-17-10)5-8(1)6-13-14-12(16-20-13)7-9-3-4-19-15-9/h1-5H,6-7H2. The molecule has 0 spiro atoms. The summed E-state index contributed by atoms with van der Waals surface area (Å²) >= 11 is 1.21. The lowest BCUT2D eigenvalue weighted by atomic mass is 10.1. The molecule has 0 aliphatic heterocycles. The van der Waals surface area contributed by atoms with Crippen molar-refractivity contribution in [3.63, 3.8) is 0 Å². The van der Waals surface area contributed by atoms with Gasteiger partial charge in [-0.25, -0.2) is 0 Å². The van der Waals surface area contributed by atoms with Crippen LogP contribution < -0.4 is 0 Å². The van der Waals surface area contributed by atoms with Gasteiger partial charge in [0.1, 0.15) is 17.3 Å². The van der Waals surface area contributed by atoms with E-state index in [0.29, 0.717) is 24.6 Å². The first-order valence-corrected chi connectivity index (χ1v) is 7.02. The maximum absolute atomic E-state index is 5.26. The third kappa shape index (κ3) is 2.52. The Labute approximate surface area is 122 Å². The highest BCUT2D eigenvalue weighted by Crippen LogP contribution is 2.16. The molecule has 4 aromatic rings. The van der Waals surface area contributed by atoms with Crippen LogP contribution in [0.4, 0.5) is 0 Å². The van der Waals surface area contributed by atoms with E-state index in [1.165, 1.54) is 18.0 Å². The third-order valence-electron chi connectivity index (χ3n) is 3.01. The molecule has 0 aliphatic carbocycles. The molecule has 0 atom stereocenters. The van der Waals surface area contributed by atoms with Gasteiger partial charge in [0.2, 0.25) is 5.89 Å². The molecule has 3 aromatic heterocycles. The molecule has 8 heteroatoms. The van der Waals surface area contributed by atoms with Crippen molar-refractivity contribution >= 4 is 22.8 Å². The minimum Gasteiger partial charge on any atom is -0.364 e. The summed E-state index contributed by atoms with van der Waals surface area (Å²) in [5.41, 5.74) is 3.63. The molecule has 3 heterocycles. The fraction of sp³-hybridized carbons (Fsp3) is 0.154. The zero-order chi connectivity index (χ0) is 14.1. The highest BCUT2D eigenvalue weighted by atomic mass is 32.1. The van der Waals surface area contributed by atoms with Crippen molar-refractivity contribution in [1.82, 2.24) is 24.0 Å². The number of nitrogens with zero attached hydrogens (tertiary/aromatic N) is 5. The molecule has 7 nitrogen and oxygen atoms in total. The van der Waals surface area contributed by atoms with Gasteiger partial charge in [0.25, 0.3) is 0 Å². The minimum atomic E-state index is 0.495. The van der Waals surface area contributed by atoms with Crippen LogP contribution in [0.1, 0.15) is 23.0 Å². The largest absolute Gasteiger partial charge is 0.364 e. The Hall–Kier alpha value is -2.61. The van der Waals surface area contributed by atoms with Gasteiger partial charge in [-0.05, 0) is 17.7 Å². The molecule has 1 aromatic carbocycles. The first kappa shape index (κ1) is 12.2. The van der Waals surface area contributed by atoms with Gasteiger partial charge in [-0.1, -0.05) is 16.4 Å². The topological polar surface area (TPSA) is 90.7 Å². The number of aromatic nitrogens is 5. The summed E-state index contributed by atoms with van der Waals surface area (Å²) in [6, 6.07) is 7.70. The van der Waals surface area contributed by atoms with Crippen molar-refractivity contribution in [2.45, 2.75) is 12.8 Å². The van der Waals surface area contributed by atoms with Gasteiger partial charge in [-0.2, -0.15) is 13.7 Å². The molecule has 0 aliphatic rings. The molecule has 0 bridgehead atoms. The van der Waals surface area contributed by atoms with Crippen molar-refractivity contribution in [3.8, 4) is 0 Å². The number of fused-ring (bicyclic) bond motifs is 1. The Balaban J connectivity index is 1.52. The van der Waals surface area contributed by atoms with Crippen molar-refractivity contribution in [2.24, 2.45) is 0 Å². The summed E-state index contributed by atoms with van der Waals surface area (Å²) in [6.45, 7) is 0. The molecule has 0 saturated carbocycles. The van der Waals surface area contributed by atoms with E-state index in [0.717, 1.165) is 22.3 Å².